The maximum absolute atomic E-state index is 5.28. The summed E-state index contributed by atoms with van der Waals surface area (Å²) in [5.41, 5.74) is 5.28. The summed E-state index contributed by atoms with van der Waals surface area (Å²) in [6.45, 7) is 2.27. The van der Waals surface area contributed by atoms with Gasteiger partial charge in [0.2, 0.25) is 0 Å². The standard InChI is InChI=1S/C5H14N2O/c1-7(5-6)3-4-8-2/h3-6H2,1-2H3. The molecule has 0 aliphatic heterocycles. The van der Waals surface area contributed by atoms with Gasteiger partial charge < -0.3 is 10.5 Å². The lowest BCUT2D eigenvalue weighted by atomic mass is 10.6. The van der Waals surface area contributed by atoms with Crippen LogP contribution in [0.4, 0.5) is 0 Å². The Morgan fingerprint density at radius 2 is 2.25 bits per heavy atom. The van der Waals surface area contributed by atoms with Crippen LogP contribution in [0.1, 0.15) is 0 Å². The number of likely N-dealkylation sites (N-methyl/N-ethyl adjacent to an activating group) is 1. The minimum Gasteiger partial charge on any atom is -0.383 e. The van der Waals surface area contributed by atoms with E-state index in [9.17, 15) is 0 Å². The molecule has 0 amide bonds. The molecule has 0 radical (unpaired) electrons. The van der Waals surface area contributed by atoms with Crippen molar-refractivity contribution in [3.63, 3.8) is 0 Å². The normalized spacial score (nSPS) is 10.5. The summed E-state index contributed by atoms with van der Waals surface area (Å²) < 4.78 is 4.82. The first-order chi connectivity index (χ1) is 3.81. The molecule has 3 nitrogen and oxygen atoms in total. The predicted molar refractivity (Wildman–Crippen MR) is 33.6 cm³/mol. The van der Waals surface area contributed by atoms with Crippen LogP contribution >= 0.6 is 0 Å². The molecule has 0 saturated carbocycles. The zero-order chi connectivity index (χ0) is 6.41. The van der Waals surface area contributed by atoms with Gasteiger partial charge in [0.15, 0.2) is 0 Å². The molecule has 2 N–H and O–H groups in total. The molecular formula is C5H14N2O. The van der Waals surface area contributed by atoms with Crippen LogP contribution in [0.3, 0.4) is 0 Å². The van der Waals surface area contributed by atoms with Crippen LogP contribution in [0, 0.1) is 0 Å². The van der Waals surface area contributed by atoms with Gasteiger partial charge in [-0.15, -0.1) is 0 Å². The summed E-state index contributed by atoms with van der Waals surface area (Å²) in [4.78, 5) is 1.99. The molecule has 0 fully saturated rings. The highest BCUT2D eigenvalue weighted by atomic mass is 16.5. The van der Waals surface area contributed by atoms with Gasteiger partial charge in [-0.1, -0.05) is 0 Å². The second kappa shape index (κ2) is 5.03. The number of nitrogens with two attached hydrogens (primary N) is 1. The van der Waals surface area contributed by atoms with Crippen molar-refractivity contribution < 1.29 is 4.74 Å². The van der Waals surface area contributed by atoms with Gasteiger partial charge in [-0.2, -0.15) is 0 Å². The average Bonchev–Trinajstić information content (AvgIpc) is 1.83. The monoisotopic (exact) mass is 118 g/mol. The van der Waals surface area contributed by atoms with E-state index in [1.165, 1.54) is 0 Å². The quantitative estimate of drug-likeness (QED) is 0.505. The lowest BCUT2D eigenvalue weighted by Gasteiger charge is -2.11. The van der Waals surface area contributed by atoms with Gasteiger partial charge in [0, 0.05) is 20.3 Å². The molecule has 0 unspecified atom stereocenters. The van der Waals surface area contributed by atoms with E-state index in [0.717, 1.165) is 13.2 Å². The van der Waals surface area contributed by atoms with Crippen LogP contribution in [0.15, 0.2) is 0 Å². The molecule has 3 heteroatoms. The number of hydrogen-bond donors (Lipinski definition) is 1. The van der Waals surface area contributed by atoms with Crippen molar-refractivity contribution in [2.24, 2.45) is 5.73 Å². The number of hydrogen-bond acceptors (Lipinski definition) is 3. The highest BCUT2D eigenvalue weighted by Crippen LogP contribution is 1.75. The Kier molecular flexibility index (Phi) is 4.95. The van der Waals surface area contributed by atoms with Crippen LogP contribution in [0.5, 0.6) is 0 Å². The van der Waals surface area contributed by atoms with Crippen LogP contribution in [0.2, 0.25) is 0 Å². The maximum atomic E-state index is 5.28. The third kappa shape index (κ3) is 4.05. The number of ether oxygens (including phenoxy) is 1. The summed E-state index contributed by atoms with van der Waals surface area (Å²) in [6, 6.07) is 0. The van der Waals surface area contributed by atoms with E-state index in [4.69, 9.17) is 10.5 Å². The van der Waals surface area contributed by atoms with Crippen molar-refractivity contribution >= 4 is 0 Å². The second-order valence-electron chi connectivity index (χ2n) is 1.76. The Morgan fingerprint density at radius 1 is 1.62 bits per heavy atom. The largest absolute Gasteiger partial charge is 0.383 e. The Bertz CT molecular complexity index is 49.7. The summed E-state index contributed by atoms with van der Waals surface area (Å²) in [6.07, 6.45) is 0. The fraction of sp³-hybridized carbons (Fsp3) is 1.00. The molecule has 0 rings (SSSR count). The summed E-state index contributed by atoms with van der Waals surface area (Å²) in [5, 5.41) is 0. The SMILES string of the molecule is COCCN(C)CN. The van der Waals surface area contributed by atoms with Crippen molar-refractivity contribution in [1.82, 2.24) is 4.90 Å². The highest BCUT2D eigenvalue weighted by Gasteiger charge is 1.89. The van der Waals surface area contributed by atoms with Crippen LogP contribution in [-0.2, 0) is 4.74 Å². The van der Waals surface area contributed by atoms with Gasteiger partial charge in [-0.3, -0.25) is 4.90 Å². The molecule has 50 valence electrons. The number of rotatable bonds is 4. The summed E-state index contributed by atoms with van der Waals surface area (Å²) >= 11 is 0. The summed E-state index contributed by atoms with van der Waals surface area (Å²) in [7, 11) is 3.64. The molecule has 8 heavy (non-hydrogen) atoms. The maximum Gasteiger partial charge on any atom is 0.0590 e. The second-order valence-corrected chi connectivity index (χ2v) is 1.76. The van der Waals surface area contributed by atoms with Gasteiger partial charge in [0.25, 0.3) is 0 Å². The summed E-state index contributed by atoms with van der Waals surface area (Å²) in [5.74, 6) is 0. The minimum atomic E-state index is 0.601. The van der Waals surface area contributed by atoms with Crippen LogP contribution in [0.25, 0.3) is 0 Å². The van der Waals surface area contributed by atoms with E-state index in [1.54, 1.807) is 7.11 Å². The van der Waals surface area contributed by atoms with Crippen molar-refractivity contribution in [3.8, 4) is 0 Å². The predicted octanol–water partition coefficient (Wildman–Crippen LogP) is -0.519. The molecular weight excluding hydrogens is 104 g/mol. The lowest BCUT2D eigenvalue weighted by Crippen LogP contribution is -2.28. The smallest absolute Gasteiger partial charge is 0.0590 e. The van der Waals surface area contributed by atoms with Crippen LogP contribution in [-0.4, -0.2) is 38.9 Å². The van der Waals surface area contributed by atoms with Gasteiger partial charge in [0.1, 0.15) is 0 Å². The third-order valence-corrected chi connectivity index (χ3v) is 0.989. The lowest BCUT2D eigenvalue weighted by molar-refractivity contribution is 0.162. The van der Waals surface area contributed by atoms with E-state index < -0.39 is 0 Å². The van der Waals surface area contributed by atoms with Crippen LogP contribution < -0.4 is 5.73 Å². The first-order valence-corrected chi connectivity index (χ1v) is 2.68. The molecule has 0 aromatic rings. The molecule has 0 aliphatic carbocycles. The van der Waals surface area contributed by atoms with Gasteiger partial charge in [-0.05, 0) is 7.05 Å². The fourth-order valence-corrected chi connectivity index (χ4v) is 0.338. The molecule has 0 atom stereocenters. The van der Waals surface area contributed by atoms with E-state index >= 15 is 0 Å². The molecule has 0 spiro atoms. The van der Waals surface area contributed by atoms with E-state index in [-0.39, 0.29) is 0 Å². The first kappa shape index (κ1) is 7.88. The Morgan fingerprint density at radius 3 is 2.62 bits per heavy atom. The van der Waals surface area contributed by atoms with E-state index in [0.29, 0.717) is 6.67 Å². The van der Waals surface area contributed by atoms with Crippen molar-refractivity contribution in [3.05, 3.63) is 0 Å². The Labute approximate surface area is 50.4 Å². The topological polar surface area (TPSA) is 38.5 Å². The molecule has 0 aromatic heterocycles. The third-order valence-electron chi connectivity index (χ3n) is 0.989. The van der Waals surface area contributed by atoms with E-state index in [1.807, 2.05) is 11.9 Å². The Hall–Kier alpha value is -0.120. The number of methoxy groups -OCH3 is 1. The fourth-order valence-electron chi connectivity index (χ4n) is 0.338. The highest BCUT2D eigenvalue weighted by molar-refractivity contribution is 4.41. The molecule has 0 aliphatic rings. The molecule has 0 aromatic carbocycles. The van der Waals surface area contributed by atoms with Crippen molar-refractivity contribution in [1.29, 1.82) is 0 Å². The van der Waals surface area contributed by atoms with Crippen molar-refractivity contribution in [2.75, 3.05) is 34.0 Å². The average molecular weight is 118 g/mol. The minimum absolute atomic E-state index is 0.601. The van der Waals surface area contributed by atoms with Gasteiger partial charge >= 0.3 is 0 Å². The molecule has 0 heterocycles. The van der Waals surface area contributed by atoms with Gasteiger partial charge in [-0.25, -0.2) is 0 Å². The van der Waals surface area contributed by atoms with E-state index in [2.05, 4.69) is 0 Å². The first-order valence-electron chi connectivity index (χ1n) is 2.68. The molecule has 0 saturated heterocycles. The van der Waals surface area contributed by atoms with Gasteiger partial charge in [0.05, 0.1) is 6.61 Å². The number of nitrogens with zero attached hydrogens (tertiary/aromatic N) is 1. The van der Waals surface area contributed by atoms with Crippen molar-refractivity contribution in [2.45, 2.75) is 0 Å². The Balaban J connectivity index is 2.86. The molecule has 0 bridgehead atoms. The zero-order valence-corrected chi connectivity index (χ0v) is 5.55. The zero-order valence-electron chi connectivity index (χ0n) is 5.55.